The maximum Gasteiger partial charge on any atom is 0.306 e. The van der Waals surface area contributed by atoms with Gasteiger partial charge in [0.05, 0.1) is 0 Å². The van der Waals surface area contributed by atoms with Crippen LogP contribution in [0.2, 0.25) is 0 Å². The van der Waals surface area contributed by atoms with Crippen LogP contribution in [0.15, 0.2) is 72.9 Å². The van der Waals surface area contributed by atoms with Gasteiger partial charge in [-0.15, -0.1) is 0 Å². The van der Waals surface area contributed by atoms with Crippen LogP contribution in [-0.4, -0.2) is 37.2 Å². The zero-order chi connectivity index (χ0) is 59.2. The molecule has 0 aliphatic heterocycles. The number of hydrogen-bond donors (Lipinski definition) is 0. The number of carbonyl (C=O) groups is 3. The molecule has 476 valence electrons. The molecule has 0 aromatic carbocycles. The average molecular weight is 1150 g/mol. The fourth-order valence-electron chi connectivity index (χ4n) is 10.6. The van der Waals surface area contributed by atoms with Crippen molar-refractivity contribution in [3.63, 3.8) is 0 Å². The molecule has 0 aliphatic carbocycles. The van der Waals surface area contributed by atoms with E-state index in [0.29, 0.717) is 19.3 Å². The van der Waals surface area contributed by atoms with Crippen LogP contribution in [0.5, 0.6) is 0 Å². The van der Waals surface area contributed by atoms with Crippen LogP contribution in [0.4, 0.5) is 0 Å². The molecule has 1 atom stereocenters. The zero-order valence-electron chi connectivity index (χ0n) is 54.8. The Kier molecular flexibility index (Phi) is 67.6. The second-order valence-electron chi connectivity index (χ2n) is 24.1. The molecule has 0 aromatic rings. The fourth-order valence-corrected chi connectivity index (χ4v) is 10.6. The number of unbranched alkanes of at least 4 members (excludes halogenated alkanes) is 43. The summed E-state index contributed by atoms with van der Waals surface area (Å²) in [6.45, 7) is 6.54. The van der Waals surface area contributed by atoms with Crippen molar-refractivity contribution < 1.29 is 28.6 Å². The smallest absolute Gasteiger partial charge is 0.306 e. The molecule has 0 N–H and O–H groups in total. The van der Waals surface area contributed by atoms with E-state index in [1.54, 1.807) is 0 Å². The van der Waals surface area contributed by atoms with Crippen molar-refractivity contribution in [1.29, 1.82) is 0 Å². The highest BCUT2D eigenvalue weighted by atomic mass is 16.6. The Morgan fingerprint density at radius 1 is 0.256 bits per heavy atom. The topological polar surface area (TPSA) is 78.9 Å². The molecule has 0 heterocycles. The number of hydrogen-bond acceptors (Lipinski definition) is 6. The van der Waals surface area contributed by atoms with Gasteiger partial charge < -0.3 is 14.2 Å². The van der Waals surface area contributed by atoms with Gasteiger partial charge in [-0.3, -0.25) is 14.4 Å². The van der Waals surface area contributed by atoms with E-state index in [2.05, 4.69) is 93.7 Å². The lowest BCUT2D eigenvalue weighted by molar-refractivity contribution is -0.167. The van der Waals surface area contributed by atoms with E-state index < -0.39 is 6.10 Å². The normalized spacial score (nSPS) is 12.5. The third-order valence-electron chi connectivity index (χ3n) is 15.9. The van der Waals surface area contributed by atoms with Crippen LogP contribution in [0.1, 0.15) is 374 Å². The van der Waals surface area contributed by atoms with Crippen LogP contribution in [0.3, 0.4) is 0 Å². The largest absolute Gasteiger partial charge is 0.462 e. The first-order chi connectivity index (χ1) is 40.5. The van der Waals surface area contributed by atoms with E-state index in [1.165, 1.54) is 225 Å². The van der Waals surface area contributed by atoms with Gasteiger partial charge in [0.25, 0.3) is 0 Å². The first kappa shape index (κ1) is 78.8. The summed E-state index contributed by atoms with van der Waals surface area (Å²) in [6, 6.07) is 0. The van der Waals surface area contributed by atoms with Gasteiger partial charge in [-0.2, -0.15) is 0 Å². The predicted molar refractivity (Wildman–Crippen MR) is 358 cm³/mol. The van der Waals surface area contributed by atoms with Gasteiger partial charge in [0.1, 0.15) is 13.2 Å². The molecule has 6 nitrogen and oxygen atoms in total. The van der Waals surface area contributed by atoms with E-state index in [1.807, 2.05) is 0 Å². The van der Waals surface area contributed by atoms with E-state index in [-0.39, 0.29) is 31.1 Å². The fraction of sp³-hybridized carbons (Fsp3) is 0.803. The highest BCUT2D eigenvalue weighted by Gasteiger charge is 2.19. The van der Waals surface area contributed by atoms with Gasteiger partial charge in [0.2, 0.25) is 0 Å². The summed E-state index contributed by atoms with van der Waals surface area (Å²) >= 11 is 0. The number of allylic oxidation sites excluding steroid dienone is 12. The van der Waals surface area contributed by atoms with Gasteiger partial charge in [-0.25, -0.2) is 0 Å². The monoisotopic (exact) mass is 1150 g/mol. The quantitative estimate of drug-likeness (QED) is 0.0261. The number of ether oxygens (including phenoxy) is 3. The molecule has 0 bridgehead atoms. The van der Waals surface area contributed by atoms with Crippen LogP contribution in [0.25, 0.3) is 0 Å². The Balaban J connectivity index is 4.09. The second-order valence-corrected chi connectivity index (χ2v) is 24.1. The van der Waals surface area contributed by atoms with Crippen LogP contribution < -0.4 is 0 Å². The summed E-state index contributed by atoms with van der Waals surface area (Å²) in [5, 5.41) is 0. The highest BCUT2D eigenvalue weighted by molar-refractivity contribution is 5.71. The molecule has 0 amide bonds. The maximum atomic E-state index is 12.9. The minimum Gasteiger partial charge on any atom is -0.462 e. The molecular formula is C76H136O6. The standard InChI is InChI=1S/C76H136O6/c1-4-7-10-13-16-19-22-25-28-29-30-31-32-33-34-35-36-37-38-39-40-41-42-43-44-45-46-47-49-51-54-57-60-63-66-69-75(78)81-72-73(71-80-74(77)68-65-62-59-56-53-50-27-24-21-18-15-12-9-6-3)82-76(79)70-67-64-61-58-55-52-48-26-23-20-17-14-11-8-5-2/h7,10,16-17,19-20,25-26,28,30-31,48,73H,4-6,8-9,11-15,18,21-24,27,29,32-47,49-72H2,1-3H3/b10-7-,19-16-,20-17-,28-25-,31-30-,48-26-. The molecular weight excluding hydrogens is 1010 g/mol. The first-order valence-electron chi connectivity index (χ1n) is 35.9. The third kappa shape index (κ3) is 67.6. The Bertz CT molecular complexity index is 1500. The molecule has 0 saturated heterocycles. The van der Waals surface area contributed by atoms with Crippen LogP contribution in [0, 0.1) is 0 Å². The molecule has 0 radical (unpaired) electrons. The van der Waals surface area contributed by atoms with Gasteiger partial charge in [0, 0.05) is 19.3 Å². The molecule has 0 rings (SSSR count). The molecule has 0 spiro atoms. The lowest BCUT2D eigenvalue weighted by Gasteiger charge is -2.18. The van der Waals surface area contributed by atoms with Crippen LogP contribution >= 0.6 is 0 Å². The van der Waals surface area contributed by atoms with E-state index >= 15 is 0 Å². The average Bonchev–Trinajstić information content (AvgIpc) is 3.48. The minimum atomic E-state index is -0.779. The lowest BCUT2D eigenvalue weighted by atomic mass is 10.0. The number of esters is 3. The van der Waals surface area contributed by atoms with Crippen LogP contribution in [-0.2, 0) is 28.6 Å². The number of carbonyl (C=O) groups excluding carboxylic acids is 3. The second kappa shape index (κ2) is 70.3. The van der Waals surface area contributed by atoms with Crippen molar-refractivity contribution in [2.75, 3.05) is 13.2 Å². The van der Waals surface area contributed by atoms with Gasteiger partial charge >= 0.3 is 17.9 Å². The summed E-state index contributed by atoms with van der Waals surface area (Å²) in [4.78, 5) is 38.4. The summed E-state index contributed by atoms with van der Waals surface area (Å²) in [5.41, 5.74) is 0. The molecule has 0 fully saturated rings. The van der Waals surface area contributed by atoms with Gasteiger partial charge in [-0.1, -0.05) is 338 Å². The molecule has 0 aliphatic rings. The van der Waals surface area contributed by atoms with Crippen molar-refractivity contribution in [3.8, 4) is 0 Å². The van der Waals surface area contributed by atoms with E-state index in [4.69, 9.17) is 14.2 Å². The lowest BCUT2D eigenvalue weighted by Crippen LogP contribution is -2.30. The SMILES string of the molecule is CC/C=C\C/C=C\C/C=C\C/C=C\CCCCCCCCCCCCCCCCCCCCCCCCC(=O)OCC(COC(=O)CCCCCCCCCCCCCCCC)OC(=O)CCCCCCC/C=C\C/C=C\CCCCC. The van der Waals surface area contributed by atoms with E-state index in [0.717, 1.165) is 109 Å². The molecule has 1 unspecified atom stereocenters. The van der Waals surface area contributed by atoms with Crippen molar-refractivity contribution in [3.05, 3.63) is 72.9 Å². The summed E-state index contributed by atoms with van der Waals surface area (Å²) in [6.07, 6.45) is 92.3. The molecule has 82 heavy (non-hydrogen) atoms. The Labute approximate surface area is 510 Å². The van der Waals surface area contributed by atoms with Crippen molar-refractivity contribution in [1.82, 2.24) is 0 Å². The van der Waals surface area contributed by atoms with Crippen molar-refractivity contribution in [2.45, 2.75) is 380 Å². The molecule has 0 aromatic heterocycles. The Hall–Kier alpha value is -3.15. The Morgan fingerprint density at radius 2 is 0.476 bits per heavy atom. The van der Waals surface area contributed by atoms with E-state index in [9.17, 15) is 14.4 Å². The summed E-state index contributed by atoms with van der Waals surface area (Å²) in [5.74, 6) is -0.864. The van der Waals surface area contributed by atoms with Crippen molar-refractivity contribution in [2.24, 2.45) is 0 Å². The third-order valence-corrected chi connectivity index (χ3v) is 15.9. The van der Waals surface area contributed by atoms with Gasteiger partial charge in [0.15, 0.2) is 6.10 Å². The molecule has 0 saturated carbocycles. The summed E-state index contributed by atoms with van der Waals surface area (Å²) < 4.78 is 17.0. The van der Waals surface area contributed by atoms with Crippen molar-refractivity contribution >= 4 is 17.9 Å². The van der Waals surface area contributed by atoms with Gasteiger partial charge in [-0.05, 0) is 89.9 Å². The molecule has 6 heteroatoms. The highest BCUT2D eigenvalue weighted by Crippen LogP contribution is 2.18. The minimum absolute atomic E-state index is 0.0745. The number of rotatable bonds is 66. The predicted octanol–water partition coefficient (Wildman–Crippen LogP) is 24.8. The summed E-state index contributed by atoms with van der Waals surface area (Å²) in [7, 11) is 0. The first-order valence-corrected chi connectivity index (χ1v) is 35.9. The Morgan fingerprint density at radius 3 is 0.768 bits per heavy atom. The zero-order valence-corrected chi connectivity index (χ0v) is 54.8. The maximum absolute atomic E-state index is 12.9.